The summed E-state index contributed by atoms with van der Waals surface area (Å²) in [5.74, 6) is 0.00432. The number of hydrogen-bond acceptors (Lipinski definition) is 3. The molecule has 1 aliphatic carbocycles. The highest BCUT2D eigenvalue weighted by molar-refractivity contribution is 6.10. The number of amides is 1. The molecule has 3 aromatic carbocycles. The molecule has 0 bridgehead atoms. The summed E-state index contributed by atoms with van der Waals surface area (Å²) < 4.78 is 5.48. The average Bonchev–Trinajstić information content (AvgIpc) is 3.29. The van der Waals surface area contributed by atoms with Crippen molar-refractivity contribution < 1.29 is 14.3 Å². The molecule has 1 atom stereocenters. The normalized spacial score (nSPS) is 18.3. The van der Waals surface area contributed by atoms with Crippen LogP contribution in [0.25, 0.3) is 27.6 Å². The molecular weight excluding hydrogens is 326 g/mol. The Labute approximate surface area is 150 Å². The van der Waals surface area contributed by atoms with Crippen LogP contribution < -0.4 is 10.1 Å². The van der Waals surface area contributed by atoms with Gasteiger partial charge in [-0.1, -0.05) is 42.5 Å². The summed E-state index contributed by atoms with van der Waals surface area (Å²) in [5, 5.41) is 7.31. The topological polar surface area (TPSA) is 55.4 Å². The van der Waals surface area contributed by atoms with Crippen LogP contribution in [-0.4, -0.2) is 17.9 Å². The van der Waals surface area contributed by atoms with E-state index in [1.807, 2.05) is 18.2 Å². The van der Waals surface area contributed by atoms with Crippen molar-refractivity contribution in [1.82, 2.24) is 5.32 Å². The summed E-state index contributed by atoms with van der Waals surface area (Å²) in [7, 11) is 0. The van der Waals surface area contributed by atoms with Gasteiger partial charge >= 0.3 is 5.97 Å². The number of allylic oxidation sites excluding steroid dienone is 1. The highest BCUT2D eigenvalue weighted by Crippen LogP contribution is 2.34. The quantitative estimate of drug-likeness (QED) is 0.438. The van der Waals surface area contributed by atoms with Crippen LogP contribution in [0.4, 0.5) is 0 Å². The summed E-state index contributed by atoms with van der Waals surface area (Å²) >= 11 is 0. The molecule has 4 nitrogen and oxygen atoms in total. The van der Waals surface area contributed by atoms with Gasteiger partial charge in [-0.25, -0.2) is 4.79 Å². The van der Waals surface area contributed by atoms with Crippen molar-refractivity contribution in [2.24, 2.45) is 0 Å². The molecule has 1 unspecified atom stereocenters. The maximum absolute atomic E-state index is 12.2. The maximum atomic E-state index is 12.2. The summed E-state index contributed by atoms with van der Waals surface area (Å²) in [6, 6.07) is 13.7. The molecule has 1 heterocycles. The molecular formula is C22H17NO3. The first kappa shape index (κ1) is 15.1. The fraction of sp³-hybridized carbons (Fsp3) is 0.182. The minimum Gasteiger partial charge on any atom is -0.425 e. The van der Waals surface area contributed by atoms with Crippen LogP contribution in [0.5, 0.6) is 5.75 Å². The Hall–Kier alpha value is -3.14. The van der Waals surface area contributed by atoms with Gasteiger partial charge in [-0.3, -0.25) is 4.79 Å². The Kier molecular flexibility index (Phi) is 3.32. The lowest BCUT2D eigenvalue weighted by atomic mass is 9.96. The van der Waals surface area contributed by atoms with E-state index in [2.05, 4.69) is 41.7 Å². The molecule has 0 spiro atoms. The molecule has 128 valence electrons. The summed E-state index contributed by atoms with van der Waals surface area (Å²) in [5.41, 5.74) is 2.66. The molecule has 0 saturated carbocycles. The molecule has 1 fully saturated rings. The van der Waals surface area contributed by atoms with Gasteiger partial charge in [-0.2, -0.15) is 0 Å². The first-order valence-corrected chi connectivity index (χ1v) is 8.85. The van der Waals surface area contributed by atoms with E-state index >= 15 is 0 Å². The van der Waals surface area contributed by atoms with Crippen LogP contribution in [0.15, 0.2) is 48.5 Å². The van der Waals surface area contributed by atoms with Gasteiger partial charge in [0.15, 0.2) is 0 Å². The highest BCUT2D eigenvalue weighted by atomic mass is 16.5. The molecule has 1 saturated heterocycles. The monoisotopic (exact) mass is 343 g/mol. The van der Waals surface area contributed by atoms with Crippen molar-refractivity contribution in [3.8, 4) is 5.75 Å². The molecule has 0 radical (unpaired) electrons. The predicted octanol–water partition coefficient (Wildman–Crippen LogP) is 3.75. The molecule has 0 aromatic heterocycles. The third-order valence-electron chi connectivity index (χ3n) is 5.25. The van der Waals surface area contributed by atoms with Crippen LogP contribution >= 0.6 is 0 Å². The number of nitrogens with one attached hydrogen (secondary N) is 1. The van der Waals surface area contributed by atoms with E-state index in [1.165, 1.54) is 21.9 Å². The molecule has 26 heavy (non-hydrogen) atoms. The maximum Gasteiger partial charge on any atom is 0.334 e. The fourth-order valence-electron chi connectivity index (χ4n) is 3.93. The van der Waals surface area contributed by atoms with Crippen molar-refractivity contribution in [2.75, 3.05) is 0 Å². The number of fused-ring (bicyclic) bond motifs is 5. The highest BCUT2D eigenvalue weighted by Gasteiger charge is 2.28. The fourth-order valence-corrected chi connectivity index (χ4v) is 3.93. The van der Waals surface area contributed by atoms with Gasteiger partial charge in [-0.05, 0) is 57.6 Å². The zero-order chi connectivity index (χ0) is 17.7. The van der Waals surface area contributed by atoms with Crippen molar-refractivity contribution in [3.05, 3.63) is 59.7 Å². The Morgan fingerprint density at radius 2 is 1.88 bits per heavy atom. The lowest BCUT2D eigenvalue weighted by molar-refractivity contribution is -0.137. The van der Waals surface area contributed by atoms with Crippen LogP contribution in [-0.2, 0) is 16.0 Å². The molecule has 2 aliphatic rings. The number of rotatable bonds is 2. The Morgan fingerprint density at radius 1 is 1.04 bits per heavy atom. The second-order valence-electron chi connectivity index (χ2n) is 6.86. The molecule has 1 N–H and O–H groups in total. The third kappa shape index (κ3) is 2.37. The van der Waals surface area contributed by atoms with Gasteiger partial charge in [0.05, 0.1) is 0 Å². The Morgan fingerprint density at radius 3 is 2.73 bits per heavy atom. The van der Waals surface area contributed by atoms with E-state index < -0.39 is 12.0 Å². The largest absolute Gasteiger partial charge is 0.425 e. The SMILES string of the molecule is O=C1CCC(C(=O)Oc2ccc3c(ccc4c5c(ccc43)C=CC5)c2)N1. The second kappa shape index (κ2) is 5.70. The molecule has 4 heteroatoms. The van der Waals surface area contributed by atoms with Gasteiger partial charge in [-0.15, -0.1) is 0 Å². The van der Waals surface area contributed by atoms with Crippen LogP contribution in [0.1, 0.15) is 24.0 Å². The van der Waals surface area contributed by atoms with Crippen LogP contribution in [0.2, 0.25) is 0 Å². The number of carbonyl (C=O) groups is 2. The van der Waals surface area contributed by atoms with E-state index in [4.69, 9.17) is 4.74 Å². The van der Waals surface area contributed by atoms with Gasteiger partial charge in [0.2, 0.25) is 5.91 Å². The van der Waals surface area contributed by atoms with Gasteiger partial charge < -0.3 is 10.1 Å². The van der Waals surface area contributed by atoms with Crippen molar-refractivity contribution in [1.29, 1.82) is 0 Å². The predicted molar refractivity (Wildman–Crippen MR) is 101 cm³/mol. The lowest BCUT2D eigenvalue weighted by Gasteiger charge is -2.12. The van der Waals surface area contributed by atoms with Crippen molar-refractivity contribution in [2.45, 2.75) is 25.3 Å². The van der Waals surface area contributed by atoms with Crippen LogP contribution in [0, 0.1) is 0 Å². The van der Waals surface area contributed by atoms with Gasteiger partial charge in [0.1, 0.15) is 11.8 Å². The Balaban J connectivity index is 1.50. The summed E-state index contributed by atoms with van der Waals surface area (Å²) in [4.78, 5) is 23.5. The van der Waals surface area contributed by atoms with Crippen molar-refractivity contribution in [3.63, 3.8) is 0 Å². The minimum atomic E-state index is -0.537. The molecule has 1 amide bonds. The zero-order valence-electron chi connectivity index (χ0n) is 14.1. The molecule has 5 rings (SSSR count). The first-order chi connectivity index (χ1) is 12.7. The van der Waals surface area contributed by atoms with E-state index in [0.29, 0.717) is 18.6 Å². The van der Waals surface area contributed by atoms with E-state index in [9.17, 15) is 9.59 Å². The first-order valence-electron chi connectivity index (χ1n) is 8.85. The number of carbonyl (C=O) groups excluding carboxylic acids is 2. The Bertz CT molecular complexity index is 1110. The minimum absolute atomic E-state index is 0.0982. The second-order valence-corrected chi connectivity index (χ2v) is 6.86. The number of hydrogen-bond donors (Lipinski definition) is 1. The zero-order valence-corrected chi connectivity index (χ0v) is 14.1. The van der Waals surface area contributed by atoms with Crippen LogP contribution in [0.3, 0.4) is 0 Å². The van der Waals surface area contributed by atoms with E-state index in [0.717, 1.165) is 17.2 Å². The molecule has 1 aliphatic heterocycles. The average molecular weight is 343 g/mol. The van der Waals surface area contributed by atoms with Gasteiger partial charge in [0.25, 0.3) is 0 Å². The van der Waals surface area contributed by atoms with E-state index in [1.54, 1.807) is 0 Å². The standard InChI is InChI=1S/C22H17NO3/c24-21-11-10-20(23-21)22(25)26-15-6-9-17-14(12-15)5-8-18-16-3-1-2-13(16)4-7-19(17)18/h1-2,4-9,12,20H,3,10-11H2,(H,23,24). The summed E-state index contributed by atoms with van der Waals surface area (Å²) in [6.07, 6.45) is 6.21. The number of ether oxygens (including phenoxy) is 1. The molecule has 3 aromatic rings. The van der Waals surface area contributed by atoms with E-state index in [-0.39, 0.29) is 5.91 Å². The lowest BCUT2D eigenvalue weighted by Crippen LogP contribution is -2.36. The third-order valence-corrected chi connectivity index (χ3v) is 5.25. The smallest absolute Gasteiger partial charge is 0.334 e. The van der Waals surface area contributed by atoms with Gasteiger partial charge in [0, 0.05) is 6.42 Å². The number of benzene rings is 3. The van der Waals surface area contributed by atoms with Crippen molar-refractivity contribution >= 4 is 39.5 Å². The summed E-state index contributed by atoms with van der Waals surface area (Å²) in [6.45, 7) is 0. The number of esters is 1.